The molecule has 3 unspecified atom stereocenters. The third-order valence-corrected chi connectivity index (χ3v) is 3.56. The number of benzene rings is 1. The molecule has 2 N–H and O–H groups in total. The van der Waals surface area contributed by atoms with Crippen molar-refractivity contribution in [3.05, 3.63) is 34.4 Å². The summed E-state index contributed by atoms with van der Waals surface area (Å²) < 4.78 is 16.9. The van der Waals surface area contributed by atoms with Crippen molar-refractivity contribution in [2.24, 2.45) is 0 Å². The van der Waals surface area contributed by atoms with Crippen molar-refractivity contribution in [3.8, 4) is 0 Å². The van der Waals surface area contributed by atoms with Crippen molar-refractivity contribution in [2.45, 2.75) is 32.2 Å². The summed E-state index contributed by atoms with van der Waals surface area (Å²) in [6.07, 6.45) is -3.14. The summed E-state index contributed by atoms with van der Waals surface area (Å²) in [6.45, 7) is 1.55. The second kappa shape index (κ2) is 4.80. The van der Waals surface area contributed by atoms with Crippen molar-refractivity contribution >= 4 is 28.2 Å². The predicted molar refractivity (Wildman–Crippen MR) is 78.1 cm³/mol. The molecule has 1 aliphatic rings. The number of anilines is 1. The third-order valence-electron chi connectivity index (χ3n) is 3.56. The molecule has 0 radical (unpaired) electrons. The summed E-state index contributed by atoms with van der Waals surface area (Å²) in [5, 5.41) is 0.177. The van der Waals surface area contributed by atoms with E-state index in [0.717, 1.165) is 4.57 Å². The fourth-order valence-electron chi connectivity index (χ4n) is 2.58. The fraction of sp³-hybridized carbons (Fsp3) is 0.333. The second-order valence-electron chi connectivity index (χ2n) is 4.99. The van der Waals surface area contributed by atoms with Crippen LogP contribution in [0.2, 0.25) is 0 Å². The van der Waals surface area contributed by atoms with Crippen molar-refractivity contribution < 1.29 is 12.3 Å². The largest absolute Gasteiger partial charge is 0.398 e. The van der Waals surface area contributed by atoms with Crippen LogP contribution in [0.1, 0.15) is 33.8 Å². The Morgan fingerprint density at radius 3 is 2.90 bits per heavy atom. The van der Waals surface area contributed by atoms with Crippen LogP contribution >= 0.6 is 0 Å². The Hall–Kier alpha value is -2.50. The highest BCUT2D eigenvalue weighted by atomic mass is 16.2. The van der Waals surface area contributed by atoms with Crippen molar-refractivity contribution in [2.75, 3.05) is 5.73 Å². The molecule has 3 rings (SSSR count). The van der Waals surface area contributed by atoms with Gasteiger partial charge in [0.15, 0.2) is 5.78 Å². The van der Waals surface area contributed by atoms with Gasteiger partial charge >= 0.3 is 0 Å². The molecule has 6 heteroatoms. The number of nitrogen functional groups attached to an aromatic ring is 1. The zero-order chi connectivity index (χ0) is 16.9. The Labute approximate surface area is 123 Å². The maximum absolute atomic E-state index is 12.8. The van der Waals surface area contributed by atoms with Gasteiger partial charge in [-0.05, 0) is 25.5 Å². The molecule has 1 aromatic carbocycles. The molecular formula is C15H15N3O3. The van der Waals surface area contributed by atoms with E-state index >= 15 is 0 Å². The number of rotatable bonds is 1. The maximum atomic E-state index is 12.8. The van der Waals surface area contributed by atoms with Crippen molar-refractivity contribution in [1.29, 1.82) is 0 Å². The minimum absolute atomic E-state index is 0.177. The number of nitrogens with two attached hydrogens (primary N) is 1. The van der Waals surface area contributed by atoms with Gasteiger partial charge in [-0.25, -0.2) is 4.98 Å². The summed E-state index contributed by atoms with van der Waals surface area (Å²) in [4.78, 5) is 40.9. The summed E-state index contributed by atoms with van der Waals surface area (Å²) in [7, 11) is 0. The lowest BCUT2D eigenvalue weighted by Gasteiger charge is -2.24. The van der Waals surface area contributed by atoms with Crippen LogP contribution in [0, 0.1) is 6.92 Å². The fourth-order valence-corrected chi connectivity index (χ4v) is 2.58. The van der Waals surface area contributed by atoms with Gasteiger partial charge in [-0.15, -0.1) is 0 Å². The van der Waals surface area contributed by atoms with Crippen LogP contribution in [-0.4, -0.2) is 21.1 Å². The Morgan fingerprint density at radius 1 is 1.38 bits per heavy atom. The van der Waals surface area contributed by atoms with Crippen LogP contribution in [0.4, 0.5) is 5.69 Å². The topological polar surface area (TPSA) is 95.1 Å². The Morgan fingerprint density at radius 2 is 2.14 bits per heavy atom. The average Bonchev–Trinajstić information content (AvgIpc) is 2.48. The number of Topliss-reactive ketones (excluding diaryl/α,β-unsaturated/α-hetero) is 2. The van der Waals surface area contributed by atoms with Gasteiger partial charge in [-0.2, -0.15) is 0 Å². The first-order chi connectivity index (χ1) is 10.8. The summed E-state index contributed by atoms with van der Waals surface area (Å²) >= 11 is 0. The first kappa shape index (κ1) is 11.2. The van der Waals surface area contributed by atoms with Crippen molar-refractivity contribution in [3.63, 3.8) is 0 Å². The molecule has 21 heavy (non-hydrogen) atoms. The van der Waals surface area contributed by atoms with Crippen LogP contribution in [0.25, 0.3) is 10.9 Å². The first-order valence-electron chi connectivity index (χ1n) is 7.65. The van der Waals surface area contributed by atoms with E-state index in [1.807, 2.05) is 0 Å². The number of hydrogen-bond donors (Lipinski definition) is 1. The zero-order valence-electron chi connectivity index (χ0n) is 13.4. The van der Waals surface area contributed by atoms with E-state index in [0.29, 0.717) is 5.52 Å². The van der Waals surface area contributed by atoms with E-state index in [2.05, 4.69) is 4.98 Å². The molecule has 1 aliphatic carbocycles. The van der Waals surface area contributed by atoms with Gasteiger partial charge in [-0.1, -0.05) is 6.07 Å². The van der Waals surface area contributed by atoms with Gasteiger partial charge in [0.05, 0.1) is 23.4 Å². The molecule has 6 nitrogen and oxygen atoms in total. The molecule has 3 atom stereocenters. The van der Waals surface area contributed by atoms with Gasteiger partial charge in [0, 0.05) is 14.8 Å². The number of carbonyl (C=O) groups excluding carboxylic acids is 2. The molecule has 0 bridgehead atoms. The lowest BCUT2D eigenvalue weighted by molar-refractivity contribution is -0.132. The number of nitrogens with zero attached hydrogens (tertiary/aromatic N) is 2. The predicted octanol–water partition coefficient (Wildman–Crippen LogP) is 1.15. The van der Waals surface area contributed by atoms with E-state index in [4.69, 9.17) is 8.48 Å². The third kappa shape index (κ3) is 2.12. The van der Waals surface area contributed by atoms with E-state index < -0.39 is 42.4 Å². The summed E-state index contributed by atoms with van der Waals surface area (Å²) in [6, 6.07) is 3.68. The number of ketones is 2. The molecule has 108 valence electrons. The van der Waals surface area contributed by atoms with E-state index in [1.165, 1.54) is 0 Å². The number of fused-ring (bicyclic) bond motifs is 1. The van der Waals surface area contributed by atoms with Crippen LogP contribution in [0.3, 0.4) is 0 Å². The first-order valence-corrected chi connectivity index (χ1v) is 6.50. The SMILES string of the molecule is [2H]C1C(=O)CC(=O)C(n2c(C)nc3cccc(N)c3c2=O)C1[2H]. The quantitative estimate of drug-likeness (QED) is 0.627. The number of aromatic nitrogens is 2. The molecule has 0 saturated heterocycles. The highest BCUT2D eigenvalue weighted by Crippen LogP contribution is 2.24. The van der Waals surface area contributed by atoms with Crippen LogP contribution in [0.5, 0.6) is 0 Å². The van der Waals surface area contributed by atoms with E-state index in [9.17, 15) is 14.4 Å². The number of carbonyl (C=O) groups is 2. The van der Waals surface area contributed by atoms with E-state index in [-0.39, 0.29) is 16.9 Å². The molecule has 1 heterocycles. The van der Waals surface area contributed by atoms with E-state index in [1.54, 1.807) is 25.1 Å². The molecule has 1 saturated carbocycles. The summed E-state index contributed by atoms with van der Waals surface area (Å²) in [5.41, 5.74) is 5.97. The standard InChI is InChI=1S/C15H15N3O3/c1-8-17-11-4-2-3-10(16)14(11)15(21)18(8)12-6-5-9(19)7-13(12)20/h2-4,12H,5-7,16H2,1H3/i5D,6D. The maximum Gasteiger partial charge on any atom is 0.264 e. The van der Waals surface area contributed by atoms with Crippen LogP contribution in [-0.2, 0) is 9.59 Å². The highest BCUT2D eigenvalue weighted by Gasteiger charge is 2.30. The normalized spacial score (nSPS) is 27.6. The monoisotopic (exact) mass is 287 g/mol. The Balaban J connectivity index is 2.28. The highest BCUT2D eigenvalue weighted by molar-refractivity contribution is 6.03. The number of aryl methyl sites for hydroxylation is 1. The average molecular weight is 287 g/mol. The molecule has 0 amide bonds. The van der Waals surface area contributed by atoms with Gasteiger partial charge in [0.1, 0.15) is 11.6 Å². The second-order valence-corrected chi connectivity index (χ2v) is 4.99. The molecule has 0 aliphatic heterocycles. The summed E-state index contributed by atoms with van der Waals surface area (Å²) in [5.74, 6) is -0.880. The smallest absolute Gasteiger partial charge is 0.264 e. The van der Waals surface area contributed by atoms with Gasteiger partial charge in [0.25, 0.3) is 5.56 Å². The molecule has 1 fully saturated rings. The Bertz CT molecular complexity index is 893. The molecular weight excluding hydrogens is 270 g/mol. The lowest BCUT2D eigenvalue weighted by Crippen LogP contribution is -2.36. The van der Waals surface area contributed by atoms with Crippen molar-refractivity contribution in [1.82, 2.24) is 9.55 Å². The van der Waals surface area contributed by atoms with Gasteiger partial charge in [0.2, 0.25) is 0 Å². The lowest BCUT2D eigenvalue weighted by atomic mass is 9.92. The minimum Gasteiger partial charge on any atom is -0.398 e. The molecule has 2 aromatic rings. The zero-order valence-corrected chi connectivity index (χ0v) is 11.4. The number of hydrogen-bond acceptors (Lipinski definition) is 5. The molecule has 0 spiro atoms. The minimum atomic E-state index is -1.35. The van der Waals surface area contributed by atoms with Crippen LogP contribution < -0.4 is 11.3 Å². The van der Waals surface area contributed by atoms with Gasteiger partial charge < -0.3 is 5.73 Å². The van der Waals surface area contributed by atoms with Gasteiger partial charge in [-0.3, -0.25) is 19.0 Å². The Kier molecular flexibility index (Phi) is 2.56. The molecule has 1 aromatic heterocycles. The van der Waals surface area contributed by atoms with Crippen LogP contribution in [0.15, 0.2) is 23.0 Å².